The number of carboxylic acids is 1. The molecular formula is C21H21NO3. The van der Waals surface area contributed by atoms with Gasteiger partial charge in [-0.05, 0) is 47.5 Å². The predicted octanol–water partition coefficient (Wildman–Crippen LogP) is 4.94. The van der Waals surface area contributed by atoms with Gasteiger partial charge < -0.3 is 15.2 Å². The highest BCUT2D eigenvalue weighted by atomic mass is 16.5. The summed E-state index contributed by atoms with van der Waals surface area (Å²) in [5.41, 5.74) is 2.26. The van der Waals surface area contributed by atoms with E-state index in [1.807, 2.05) is 18.2 Å². The lowest BCUT2D eigenvalue weighted by Gasteiger charge is -2.15. The lowest BCUT2D eigenvalue weighted by atomic mass is 10.0. The number of benzene rings is 3. The van der Waals surface area contributed by atoms with Crippen LogP contribution in [-0.4, -0.2) is 17.7 Å². The van der Waals surface area contributed by atoms with E-state index >= 15 is 0 Å². The average molecular weight is 335 g/mol. The second kappa shape index (κ2) is 7.71. The van der Waals surface area contributed by atoms with E-state index in [2.05, 4.69) is 30.4 Å². The Morgan fingerprint density at radius 3 is 2.52 bits per heavy atom. The molecule has 3 aromatic carbocycles. The molecular weight excluding hydrogens is 314 g/mol. The summed E-state index contributed by atoms with van der Waals surface area (Å²) in [6.45, 7) is 3.37. The number of carboxylic acid groups (broad SMARTS) is 1. The molecule has 0 aliphatic heterocycles. The molecule has 128 valence electrons. The van der Waals surface area contributed by atoms with Gasteiger partial charge in [-0.2, -0.15) is 0 Å². The lowest BCUT2D eigenvalue weighted by molar-refractivity contribution is 0.0697. The zero-order valence-corrected chi connectivity index (χ0v) is 14.2. The van der Waals surface area contributed by atoms with Crippen molar-refractivity contribution in [3.8, 4) is 5.75 Å². The van der Waals surface area contributed by atoms with E-state index in [-0.39, 0.29) is 5.56 Å². The number of nitrogens with one attached hydrogen (secondary N) is 1. The molecule has 0 aliphatic carbocycles. The first-order chi connectivity index (χ1) is 12.2. The lowest BCUT2D eigenvalue weighted by Crippen LogP contribution is -2.05. The highest BCUT2D eigenvalue weighted by Gasteiger charge is 2.09. The van der Waals surface area contributed by atoms with Gasteiger partial charge in [0, 0.05) is 17.8 Å². The van der Waals surface area contributed by atoms with E-state index in [1.54, 1.807) is 24.3 Å². The van der Waals surface area contributed by atoms with Crippen molar-refractivity contribution in [2.75, 3.05) is 11.9 Å². The zero-order valence-electron chi connectivity index (χ0n) is 14.2. The number of rotatable bonds is 7. The quantitative estimate of drug-likeness (QED) is 0.642. The van der Waals surface area contributed by atoms with Crippen molar-refractivity contribution in [1.29, 1.82) is 0 Å². The van der Waals surface area contributed by atoms with Crippen LogP contribution in [0.25, 0.3) is 10.8 Å². The average Bonchev–Trinajstić information content (AvgIpc) is 2.65. The molecule has 0 saturated carbocycles. The molecule has 25 heavy (non-hydrogen) atoms. The van der Waals surface area contributed by atoms with Crippen LogP contribution >= 0.6 is 0 Å². The van der Waals surface area contributed by atoms with Crippen LogP contribution in [0.5, 0.6) is 5.75 Å². The van der Waals surface area contributed by atoms with E-state index in [0.29, 0.717) is 13.2 Å². The first-order valence-electron chi connectivity index (χ1n) is 8.39. The van der Waals surface area contributed by atoms with Crippen molar-refractivity contribution in [2.45, 2.75) is 19.9 Å². The Labute approximate surface area is 147 Å². The van der Waals surface area contributed by atoms with E-state index in [9.17, 15) is 4.79 Å². The minimum Gasteiger partial charge on any atom is -0.493 e. The van der Waals surface area contributed by atoms with Gasteiger partial charge in [-0.3, -0.25) is 0 Å². The summed E-state index contributed by atoms with van der Waals surface area (Å²) in [6.07, 6.45) is 0.955. The Kier molecular flexibility index (Phi) is 5.19. The summed E-state index contributed by atoms with van der Waals surface area (Å²) in [7, 11) is 0. The Hall–Kier alpha value is -3.01. The van der Waals surface area contributed by atoms with Crippen LogP contribution in [0, 0.1) is 0 Å². The summed E-state index contributed by atoms with van der Waals surface area (Å²) >= 11 is 0. The normalized spacial score (nSPS) is 10.6. The Bertz CT molecular complexity index is 872. The molecule has 0 heterocycles. The second-order valence-corrected chi connectivity index (χ2v) is 5.85. The fourth-order valence-electron chi connectivity index (χ4n) is 2.77. The van der Waals surface area contributed by atoms with Crippen LogP contribution in [0.2, 0.25) is 0 Å². The molecule has 0 radical (unpaired) electrons. The largest absolute Gasteiger partial charge is 0.493 e. The van der Waals surface area contributed by atoms with E-state index in [0.717, 1.165) is 28.8 Å². The Balaban J connectivity index is 1.86. The fraction of sp³-hybridized carbons (Fsp3) is 0.190. The molecule has 0 fully saturated rings. The third-order valence-corrected chi connectivity index (χ3v) is 4.06. The second-order valence-electron chi connectivity index (χ2n) is 5.85. The number of anilines is 1. The van der Waals surface area contributed by atoms with Crippen molar-refractivity contribution in [3.63, 3.8) is 0 Å². The van der Waals surface area contributed by atoms with Gasteiger partial charge >= 0.3 is 5.97 Å². The monoisotopic (exact) mass is 335 g/mol. The summed E-state index contributed by atoms with van der Waals surface area (Å²) in [4.78, 5) is 10.9. The standard InChI is InChI=1S/C21H21NO3/c1-2-13-25-20-12-9-15-5-3-4-6-18(15)19(20)14-22-17-10-7-16(8-11-17)21(23)24/h3-12,22H,2,13-14H2,1H3,(H,23,24). The number of carbonyl (C=O) groups is 1. The number of fused-ring (bicyclic) bond motifs is 1. The highest BCUT2D eigenvalue weighted by Crippen LogP contribution is 2.29. The molecule has 4 heteroatoms. The van der Waals surface area contributed by atoms with Crippen molar-refractivity contribution < 1.29 is 14.6 Å². The van der Waals surface area contributed by atoms with Crippen LogP contribution < -0.4 is 10.1 Å². The first-order valence-corrected chi connectivity index (χ1v) is 8.39. The first kappa shape index (κ1) is 16.8. The molecule has 0 saturated heterocycles. The van der Waals surface area contributed by atoms with Gasteiger partial charge in [-0.1, -0.05) is 37.3 Å². The molecule has 0 bridgehead atoms. The molecule has 0 aliphatic rings. The number of ether oxygens (including phenoxy) is 1. The summed E-state index contributed by atoms with van der Waals surface area (Å²) < 4.78 is 5.92. The van der Waals surface area contributed by atoms with Gasteiger partial charge in [-0.15, -0.1) is 0 Å². The van der Waals surface area contributed by atoms with E-state index in [1.165, 1.54) is 5.39 Å². The van der Waals surface area contributed by atoms with Crippen molar-refractivity contribution in [3.05, 3.63) is 71.8 Å². The maximum Gasteiger partial charge on any atom is 0.335 e. The third kappa shape index (κ3) is 3.91. The molecule has 0 atom stereocenters. The molecule has 0 spiro atoms. The highest BCUT2D eigenvalue weighted by molar-refractivity contribution is 5.89. The molecule has 0 unspecified atom stereocenters. The maximum absolute atomic E-state index is 10.9. The third-order valence-electron chi connectivity index (χ3n) is 4.06. The molecule has 3 aromatic rings. The van der Waals surface area contributed by atoms with Gasteiger partial charge in [-0.25, -0.2) is 4.79 Å². The maximum atomic E-state index is 10.9. The molecule has 3 rings (SSSR count). The van der Waals surface area contributed by atoms with Crippen LogP contribution in [0.1, 0.15) is 29.3 Å². The Morgan fingerprint density at radius 1 is 1.04 bits per heavy atom. The number of hydrogen-bond donors (Lipinski definition) is 2. The van der Waals surface area contributed by atoms with Crippen molar-refractivity contribution in [1.82, 2.24) is 0 Å². The molecule has 0 amide bonds. The number of aromatic carboxylic acids is 1. The topological polar surface area (TPSA) is 58.6 Å². The van der Waals surface area contributed by atoms with Gasteiger partial charge in [0.2, 0.25) is 0 Å². The van der Waals surface area contributed by atoms with Gasteiger partial charge in [0.1, 0.15) is 5.75 Å². The fourth-order valence-corrected chi connectivity index (χ4v) is 2.77. The van der Waals surface area contributed by atoms with E-state index < -0.39 is 5.97 Å². The predicted molar refractivity (Wildman–Crippen MR) is 100 cm³/mol. The Morgan fingerprint density at radius 2 is 1.80 bits per heavy atom. The van der Waals surface area contributed by atoms with Crippen LogP contribution in [0.3, 0.4) is 0 Å². The number of hydrogen-bond acceptors (Lipinski definition) is 3. The van der Waals surface area contributed by atoms with Gasteiger partial charge in [0.25, 0.3) is 0 Å². The van der Waals surface area contributed by atoms with E-state index in [4.69, 9.17) is 9.84 Å². The van der Waals surface area contributed by atoms with Gasteiger partial charge in [0.05, 0.1) is 12.2 Å². The SMILES string of the molecule is CCCOc1ccc2ccccc2c1CNc1ccc(C(=O)O)cc1. The smallest absolute Gasteiger partial charge is 0.335 e. The minimum atomic E-state index is -0.921. The zero-order chi connectivity index (χ0) is 17.6. The van der Waals surface area contributed by atoms with Crippen LogP contribution in [0.4, 0.5) is 5.69 Å². The van der Waals surface area contributed by atoms with Crippen LogP contribution in [-0.2, 0) is 6.54 Å². The molecule has 4 nitrogen and oxygen atoms in total. The van der Waals surface area contributed by atoms with Gasteiger partial charge in [0.15, 0.2) is 0 Å². The molecule has 2 N–H and O–H groups in total. The molecule has 0 aromatic heterocycles. The van der Waals surface area contributed by atoms with Crippen LogP contribution in [0.15, 0.2) is 60.7 Å². The summed E-state index contributed by atoms with van der Waals surface area (Å²) in [5.74, 6) is -0.0361. The summed E-state index contributed by atoms with van der Waals surface area (Å²) in [6, 6.07) is 19.1. The minimum absolute atomic E-state index is 0.280. The van der Waals surface area contributed by atoms with Crippen molar-refractivity contribution >= 4 is 22.4 Å². The summed E-state index contributed by atoms with van der Waals surface area (Å²) in [5, 5.41) is 14.7. The van der Waals surface area contributed by atoms with Crippen molar-refractivity contribution in [2.24, 2.45) is 0 Å².